The molecule has 0 spiro atoms. The Morgan fingerprint density at radius 1 is 0.248 bits per heavy atom. The third-order valence-electron chi connectivity index (χ3n) is 18.5. The molecule has 4 aromatic carbocycles. The van der Waals surface area contributed by atoms with Gasteiger partial charge in [-0.2, -0.15) is 34.4 Å². The number of hydrogen-bond donors (Lipinski definition) is 0. The van der Waals surface area contributed by atoms with Gasteiger partial charge in [0, 0.05) is 160 Å². The minimum absolute atomic E-state index is 0. The van der Waals surface area contributed by atoms with Crippen molar-refractivity contribution in [2.24, 2.45) is 0 Å². The van der Waals surface area contributed by atoms with E-state index in [4.69, 9.17) is 39.9 Å². The van der Waals surface area contributed by atoms with Crippen molar-refractivity contribution >= 4 is 124 Å². The molecule has 0 aliphatic carbocycles. The minimum atomic E-state index is -4.92. The molecule has 0 atom stereocenters. The first kappa shape index (κ1) is 84.7. The molecule has 2 aliphatic rings. The zero-order valence-electron chi connectivity index (χ0n) is 61.2. The molecule has 0 N–H and O–H groups in total. The molecular weight excluding hydrogens is 1570 g/mol. The van der Waals surface area contributed by atoms with Gasteiger partial charge in [-0.25, -0.2) is 77.3 Å². The minimum Gasteiger partial charge on any atom is -0.357 e. The van der Waals surface area contributed by atoms with Crippen LogP contribution in [0, 0.1) is 0 Å². The van der Waals surface area contributed by atoms with Crippen LogP contribution in [0.25, 0.3) is 89.7 Å². The van der Waals surface area contributed by atoms with E-state index in [0.717, 1.165) is 83.0 Å². The van der Waals surface area contributed by atoms with E-state index in [2.05, 4.69) is 0 Å². The standard InChI is InChI=1S/C64H88N16O16S8.Cu/c1-17-73(18-2)97(81,82)41-33-45-53(49(37-41)101(89,90)77(25-9)26-10)61-67-57(45)65-58-46-34-42(98(83,84)74(19-3)20-4)38-50(102(91,92)78(27-11)28-12)54(46)63(68-58)72-64-56-48(36-44(100(87,88)76(23-7)24-8)40-52(56)104(95,96)80(31-15)32-16)60(70-64)66-59-47-35-43(99(85,86)75(21-5)22-6)39-51(55(47)62(69-59)71-61)103(93,94)79(29-13)30-14;/h33-40H,17-32H2,1-16H3;/q-2;+2. The molecule has 105 heavy (non-hydrogen) atoms. The van der Waals surface area contributed by atoms with Gasteiger partial charge >= 0.3 is 17.1 Å². The summed E-state index contributed by atoms with van der Waals surface area (Å²) in [5.41, 5.74) is -4.17. The molecule has 0 amide bonds. The molecule has 7 aromatic rings. The first-order valence-corrected chi connectivity index (χ1v) is 45.9. The predicted molar refractivity (Wildman–Crippen MR) is 395 cm³/mol. The molecule has 3 aromatic heterocycles. The number of fused-ring (bicyclic) bond motifs is 20. The van der Waals surface area contributed by atoms with Gasteiger partial charge in [0.15, 0.2) is 0 Å². The summed E-state index contributed by atoms with van der Waals surface area (Å²) in [4.78, 5) is 34.0. The summed E-state index contributed by atoms with van der Waals surface area (Å²) in [5.74, 6) is -2.50. The van der Waals surface area contributed by atoms with Crippen LogP contribution in [-0.4, -0.2) is 236 Å². The van der Waals surface area contributed by atoms with E-state index < -0.39 is 187 Å². The molecule has 0 unspecified atom stereocenters. The topological polar surface area (TPSA) is 405 Å². The molecule has 8 bridgehead atoms. The van der Waals surface area contributed by atoms with Gasteiger partial charge in [-0.15, -0.1) is 0 Å². The van der Waals surface area contributed by atoms with E-state index in [1.54, 1.807) is 55.4 Å². The molecule has 5 heterocycles. The molecule has 579 valence electrons. The molecule has 1 radical (unpaired) electrons. The average Bonchev–Trinajstić information content (AvgIpc) is 1.55. The average molecular weight is 1660 g/mol. The van der Waals surface area contributed by atoms with Gasteiger partial charge in [0.1, 0.15) is 0 Å². The summed E-state index contributed by atoms with van der Waals surface area (Å²) in [6, 6.07) is 8.00. The van der Waals surface area contributed by atoms with Crippen LogP contribution < -0.4 is 9.97 Å². The second-order valence-electron chi connectivity index (χ2n) is 23.6. The maximum absolute atomic E-state index is 15.6. The summed E-state index contributed by atoms with van der Waals surface area (Å²) in [5, 5.41) is -1.67. The van der Waals surface area contributed by atoms with E-state index in [0.29, 0.717) is 0 Å². The van der Waals surface area contributed by atoms with Gasteiger partial charge in [-0.1, -0.05) is 111 Å². The van der Waals surface area contributed by atoms with E-state index in [1.807, 2.05) is 0 Å². The van der Waals surface area contributed by atoms with Crippen molar-refractivity contribution in [2.75, 3.05) is 105 Å². The summed E-state index contributed by atoms with van der Waals surface area (Å²) >= 11 is 0. The zero-order valence-corrected chi connectivity index (χ0v) is 68.7. The maximum Gasteiger partial charge on any atom is 2.00 e. The third-order valence-corrected chi connectivity index (χ3v) is 34.9. The van der Waals surface area contributed by atoms with Crippen LogP contribution in [0.4, 0.5) is 0 Å². The molecule has 9 rings (SSSR count). The van der Waals surface area contributed by atoms with Gasteiger partial charge < -0.3 is 29.9 Å². The van der Waals surface area contributed by atoms with Crippen molar-refractivity contribution in [1.82, 2.24) is 74.3 Å². The Bertz CT molecular complexity index is 5350. The first-order valence-electron chi connectivity index (χ1n) is 34.3. The van der Waals surface area contributed by atoms with Crippen LogP contribution in [0.1, 0.15) is 111 Å². The Labute approximate surface area is 627 Å². The fourth-order valence-corrected chi connectivity index (χ4v) is 26.1. The molecule has 2 aliphatic heterocycles. The molecular formula is C64H88CuN16O16S8. The normalized spacial score (nSPS) is 13.6. The summed E-state index contributed by atoms with van der Waals surface area (Å²) < 4.78 is 254. The molecule has 0 saturated heterocycles. The second kappa shape index (κ2) is 31.9. The summed E-state index contributed by atoms with van der Waals surface area (Å²) in [6.07, 6.45) is 0. The molecule has 0 saturated carbocycles. The number of rotatable bonds is 32. The summed E-state index contributed by atoms with van der Waals surface area (Å²) in [7, 11) is -38.4. The second-order valence-corrected chi connectivity index (χ2v) is 39.0. The number of aromatic nitrogens is 8. The molecule has 41 heteroatoms. The largest absolute Gasteiger partial charge is 2.00 e. The Hall–Kier alpha value is -5.96. The van der Waals surface area contributed by atoms with Crippen molar-refractivity contribution in [2.45, 2.75) is 150 Å². The SMILES string of the molecule is CCN(CC)S(=O)(=O)c1cc2c(c(S(=O)(=O)N(CC)CC)c1)-c1nc-2nc2[n-]c(nc3nc(nc4[n-]c(n1)c1c(S(=O)(=O)N(CC)CC)cc(S(=O)(=O)N(CC)CC)cc41)-c1cc(S(=O)(=O)N(CC)CC)cc(S(=O)(=O)N(CC)CC)c1-3)c1c(S(=O)(=O)N(CC)CC)cc(S(=O)(=O)N(CC)CC)cc21.[Cu+2]. The molecule has 0 fully saturated rings. The Morgan fingerprint density at radius 3 is 0.686 bits per heavy atom. The predicted octanol–water partition coefficient (Wildman–Crippen LogP) is 6.37. The van der Waals surface area contributed by atoms with Gasteiger partial charge in [-0.3, -0.25) is 0 Å². The third kappa shape index (κ3) is 14.5. The maximum atomic E-state index is 15.6. The van der Waals surface area contributed by atoms with Crippen molar-refractivity contribution in [3.05, 3.63) is 48.5 Å². The van der Waals surface area contributed by atoms with Crippen LogP contribution in [0.5, 0.6) is 0 Å². The van der Waals surface area contributed by atoms with Crippen molar-refractivity contribution in [3.63, 3.8) is 0 Å². The Kier molecular flexibility index (Phi) is 25.7. The fourth-order valence-electron chi connectivity index (χ4n) is 13.0. The van der Waals surface area contributed by atoms with E-state index >= 15 is 67.3 Å². The van der Waals surface area contributed by atoms with Gasteiger partial charge in [0.2, 0.25) is 80.2 Å². The zero-order chi connectivity index (χ0) is 77.1. The number of sulfonamides is 8. The number of nitrogens with zero attached hydrogens (tertiary/aromatic N) is 16. The molecule has 32 nitrogen and oxygen atoms in total. The van der Waals surface area contributed by atoms with Crippen LogP contribution in [0.15, 0.2) is 87.7 Å². The van der Waals surface area contributed by atoms with Crippen molar-refractivity contribution < 1.29 is 84.4 Å². The van der Waals surface area contributed by atoms with Crippen LogP contribution in [0.2, 0.25) is 0 Å². The number of hydrogen-bond acceptors (Lipinski definition) is 22. The Morgan fingerprint density at radius 2 is 0.448 bits per heavy atom. The monoisotopic (exact) mass is 1660 g/mol. The van der Waals surface area contributed by atoms with E-state index in [-0.39, 0.29) is 144 Å². The van der Waals surface area contributed by atoms with E-state index in [9.17, 15) is 0 Å². The van der Waals surface area contributed by atoms with Gasteiger partial charge in [0.25, 0.3) is 0 Å². The van der Waals surface area contributed by atoms with Gasteiger partial charge in [0.05, 0.1) is 62.5 Å². The van der Waals surface area contributed by atoms with Gasteiger partial charge in [-0.05, 0) is 59.3 Å². The summed E-state index contributed by atoms with van der Waals surface area (Å²) in [6.45, 7) is 22.5. The van der Waals surface area contributed by atoms with Crippen LogP contribution >= 0.6 is 0 Å². The smallest absolute Gasteiger partial charge is 0.357 e. The van der Waals surface area contributed by atoms with Crippen LogP contribution in [-0.2, 0) is 97.3 Å². The fraction of sp³-hybridized carbons (Fsp3) is 0.500. The van der Waals surface area contributed by atoms with Crippen LogP contribution in [0.3, 0.4) is 0 Å². The van der Waals surface area contributed by atoms with Crippen molar-refractivity contribution in [1.29, 1.82) is 0 Å². The van der Waals surface area contributed by atoms with Crippen molar-refractivity contribution in [3.8, 4) is 45.6 Å². The quantitative estimate of drug-likeness (QED) is 0.0413. The van der Waals surface area contributed by atoms with E-state index in [1.165, 1.54) is 55.4 Å². The Balaban J connectivity index is 0.0000139. The number of benzene rings is 4. The first-order chi connectivity index (χ1) is 48.9.